The number of guanidine groups is 1. The van der Waals surface area contributed by atoms with Crippen molar-refractivity contribution in [2.75, 3.05) is 13.1 Å². The van der Waals surface area contributed by atoms with E-state index in [1.54, 1.807) is 13.8 Å². The van der Waals surface area contributed by atoms with Gasteiger partial charge in [-0.1, -0.05) is 13.8 Å². The maximum Gasteiger partial charge on any atom is 0.326 e. The predicted octanol–water partition coefficient (Wildman–Crippen LogP) is -3.93. The number of nitrogens with two attached hydrogens (primary N) is 4. The number of carbonyl (C=O) groups excluding carboxylic acids is 4. The lowest BCUT2D eigenvalue weighted by atomic mass is 10.0. The zero-order valence-corrected chi connectivity index (χ0v) is 17.6. The molecule has 0 heterocycles. The number of carboxylic acids is 1. The van der Waals surface area contributed by atoms with Crippen molar-refractivity contribution in [3.05, 3.63) is 0 Å². The Labute approximate surface area is 179 Å². The van der Waals surface area contributed by atoms with Crippen LogP contribution < -0.4 is 38.9 Å². The van der Waals surface area contributed by atoms with Gasteiger partial charge in [-0.3, -0.25) is 24.2 Å². The number of nitrogens with one attached hydrogen (secondary N) is 3. The summed E-state index contributed by atoms with van der Waals surface area (Å²) in [4.78, 5) is 63.3. The fourth-order valence-electron chi connectivity index (χ4n) is 2.48. The van der Waals surface area contributed by atoms with Crippen LogP contribution in [0, 0.1) is 5.92 Å². The van der Waals surface area contributed by atoms with Crippen LogP contribution in [-0.4, -0.2) is 71.9 Å². The number of primary amides is 1. The summed E-state index contributed by atoms with van der Waals surface area (Å²) in [6.45, 7) is 2.97. The van der Waals surface area contributed by atoms with E-state index in [-0.39, 0.29) is 25.5 Å². The Balaban J connectivity index is 5.39. The lowest BCUT2D eigenvalue weighted by molar-refractivity contribution is -0.143. The van der Waals surface area contributed by atoms with Gasteiger partial charge in [0.2, 0.25) is 23.6 Å². The zero-order chi connectivity index (χ0) is 24.1. The molecule has 3 unspecified atom stereocenters. The summed E-state index contributed by atoms with van der Waals surface area (Å²) < 4.78 is 0. The molecule has 0 radical (unpaired) electrons. The summed E-state index contributed by atoms with van der Waals surface area (Å²) in [6, 6.07) is -3.79. The molecule has 12 N–H and O–H groups in total. The Hall–Kier alpha value is -3.42. The first kappa shape index (κ1) is 27.6. The lowest BCUT2D eigenvalue weighted by Crippen LogP contribution is -2.57. The highest BCUT2D eigenvalue weighted by atomic mass is 16.4. The van der Waals surface area contributed by atoms with Crippen molar-refractivity contribution in [3.8, 4) is 0 Å². The highest BCUT2D eigenvalue weighted by Crippen LogP contribution is 2.05. The maximum absolute atomic E-state index is 12.7. The molecular weight excluding hydrogens is 412 g/mol. The van der Waals surface area contributed by atoms with Crippen LogP contribution in [0.25, 0.3) is 0 Å². The fourth-order valence-corrected chi connectivity index (χ4v) is 2.48. The standard InChI is InChI=1S/C17H32N8O6/c1-8(2)13(16(30)31)25-15(29)10(6-11(19)26)24-14(28)9(23-12(27)7-18)4-3-5-22-17(20)21/h8-10,13H,3-7,18H2,1-2H3,(H2,19,26)(H,23,27)(H,24,28)(H,25,29)(H,30,31)(H4,20,21,22). The number of aliphatic carboxylic acids is 1. The number of hydrogen-bond donors (Lipinski definition) is 8. The van der Waals surface area contributed by atoms with Gasteiger partial charge in [-0.05, 0) is 18.8 Å². The monoisotopic (exact) mass is 444 g/mol. The molecule has 0 saturated heterocycles. The van der Waals surface area contributed by atoms with Gasteiger partial charge in [0, 0.05) is 6.54 Å². The Morgan fingerprint density at radius 2 is 1.52 bits per heavy atom. The molecular formula is C17H32N8O6. The van der Waals surface area contributed by atoms with Crippen molar-refractivity contribution < 1.29 is 29.1 Å². The molecule has 14 heteroatoms. The number of rotatable bonds is 14. The average molecular weight is 444 g/mol. The van der Waals surface area contributed by atoms with Gasteiger partial charge in [-0.25, -0.2) is 4.79 Å². The minimum absolute atomic E-state index is 0.100. The first-order valence-corrected chi connectivity index (χ1v) is 9.55. The van der Waals surface area contributed by atoms with E-state index in [4.69, 9.17) is 22.9 Å². The van der Waals surface area contributed by atoms with E-state index in [2.05, 4.69) is 20.9 Å². The largest absolute Gasteiger partial charge is 0.480 e. The molecule has 0 aromatic heterocycles. The lowest BCUT2D eigenvalue weighted by Gasteiger charge is -2.25. The van der Waals surface area contributed by atoms with E-state index in [0.717, 1.165) is 0 Å². The molecule has 3 atom stereocenters. The van der Waals surface area contributed by atoms with E-state index < -0.39 is 60.1 Å². The van der Waals surface area contributed by atoms with Gasteiger partial charge in [0.05, 0.1) is 13.0 Å². The fraction of sp³-hybridized carbons (Fsp3) is 0.647. The van der Waals surface area contributed by atoms with E-state index in [9.17, 15) is 29.1 Å². The van der Waals surface area contributed by atoms with Gasteiger partial charge in [-0.2, -0.15) is 0 Å². The van der Waals surface area contributed by atoms with Crippen LogP contribution >= 0.6 is 0 Å². The maximum atomic E-state index is 12.7. The van der Waals surface area contributed by atoms with Gasteiger partial charge >= 0.3 is 5.97 Å². The van der Waals surface area contributed by atoms with Crippen LogP contribution in [0.15, 0.2) is 4.99 Å². The summed E-state index contributed by atoms with van der Waals surface area (Å²) in [6.07, 6.45) is -0.168. The number of amides is 4. The van der Waals surface area contributed by atoms with Crippen molar-refractivity contribution >= 4 is 35.6 Å². The van der Waals surface area contributed by atoms with E-state index in [1.165, 1.54) is 0 Å². The number of carbonyl (C=O) groups is 5. The highest BCUT2D eigenvalue weighted by molar-refractivity contribution is 5.95. The Kier molecular flexibility index (Phi) is 12.2. The predicted molar refractivity (Wildman–Crippen MR) is 111 cm³/mol. The molecule has 0 bridgehead atoms. The summed E-state index contributed by atoms with van der Waals surface area (Å²) in [5.74, 6) is -5.08. The van der Waals surface area contributed by atoms with E-state index >= 15 is 0 Å². The number of nitrogens with zero attached hydrogens (tertiary/aromatic N) is 1. The van der Waals surface area contributed by atoms with Crippen LogP contribution in [0.1, 0.15) is 33.1 Å². The smallest absolute Gasteiger partial charge is 0.326 e. The third-order valence-electron chi connectivity index (χ3n) is 4.05. The van der Waals surface area contributed by atoms with Gasteiger partial charge in [0.15, 0.2) is 5.96 Å². The van der Waals surface area contributed by atoms with Crippen molar-refractivity contribution in [2.24, 2.45) is 33.8 Å². The molecule has 0 saturated carbocycles. The van der Waals surface area contributed by atoms with Crippen molar-refractivity contribution in [3.63, 3.8) is 0 Å². The molecule has 0 aliphatic rings. The molecule has 14 nitrogen and oxygen atoms in total. The van der Waals surface area contributed by atoms with Crippen LogP contribution in [0.5, 0.6) is 0 Å². The molecule has 0 aromatic rings. The van der Waals surface area contributed by atoms with Gasteiger partial charge in [-0.15, -0.1) is 0 Å². The molecule has 0 aromatic carbocycles. The Morgan fingerprint density at radius 1 is 0.935 bits per heavy atom. The van der Waals surface area contributed by atoms with Gasteiger partial charge in [0.25, 0.3) is 0 Å². The summed E-state index contributed by atoms with van der Waals surface area (Å²) in [7, 11) is 0. The number of aliphatic imine (C=N–C) groups is 1. The number of hydrogen-bond acceptors (Lipinski definition) is 7. The molecule has 0 aliphatic heterocycles. The van der Waals surface area contributed by atoms with Gasteiger partial charge in [0.1, 0.15) is 18.1 Å². The number of carboxylic acid groups (broad SMARTS) is 1. The first-order valence-electron chi connectivity index (χ1n) is 9.55. The normalized spacial score (nSPS) is 13.4. The third-order valence-corrected chi connectivity index (χ3v) is 4.05. The van der Waals surface area contributed by atoms with Gasteiger partial charge < -0.3 is 44.0 Å². The minimum Gasteiger partial charge on any atom is -0.480 e. The summed E-state index contributed by atoms with van der Waals surface area (Å²) >= 11 is 0. The molecule has 0 rings (SSSR count). The van der Waals surface area contributed by atoms with Crippen LogP contribution in [0.4, 0.5) is 0 Å². The molecule has 4 amide bonds. The summed E-state index contributed by atoms with van der Waals surface area (Å²) in [5, 5.41) is 16.2. The highest BCUT2D eigenvalue weighted by Gasteiger charge is 2.31. The van der Waals surface area contributed by atoms with Crippen LogP contribution in [0.3, 0.4) is 0 Å². The Morgan fingerprint density at radius 3 is 1.97 bits per heavy atom. The average Bonchev–Trinajstić information content (AvgIpc) is 2.66. The van der Waals surface area contributed by atoms with Crippen molar-refractivity contribution in [2.45, 2.75) is 51.2 Å². The second-order valence-corrected chi connectivity index (χ2v) is 7.07. The molecule has 31 heavy (non-hydrogen) atoms. The van der Waals surface area contributed by atoms with E-state index in [0.29, 0.717) is 6.42 Å². The van der Waals surface area contributed by atoms with Crippen molar-refractivity contribution in [1.29, 1.82) is 0 Å². The van der Waals surface area contributed by atoms with E-state index in [1.807, 2.05) is 0 Å². The third kappa shape index (κ3) is 11.4. The molecule has 0 spiro atoms. The summed E-state index contributed by atoms with van der Waals surface area (Å²) in [5.41, 5.74) is 20.9. The topological polar surface area (TPSA) is 258 Å². The molecule has 0 fully saturated rings. The van der Waals surface area contributed by atoms with Crippen LogP contribution in [0.2, 0.25) is 0 Å². The second kappa shape index (κ2) is 13.7. The molecule has 176 valence electrons. The quantitative estimate of drug-likeness (QED) is 0.0737. The molecule has 0 aliphatic carbocycles. The SMILES string of the molecule is CC(C)C(NC(=O)C(CC(N)=O)NC(=O)C(CCCN=C(N)N)NC(=O)CN)C(=O)O. The minimum atomic E-state index is -1.44. The second-order valence-electron chi connectivity index (χ2n) is 7.07. The van der Waals surface area contributed by atoms with Crippen LogP contribution in [-0.2, 0) is 24.0 Å². The Bertz CT molecular complexity index is 692. The van der Waals surface area contributed by atoms with Crippen molar-refractivity contribution in [1.82, 2.24) is 16.0 Å². The zero-order valence-electron chi connectivity index (χ0n) is 17.6. The first-order chi connectivity index (χ1) is 14.4.